The Kier molecular flexibility index (Phi) is 3.01. The first-order valence-electron chi connectivity index (χ1n) is 5.01. The molecule has 3 rings (SSSR count). The van der Waals surface area contributed by atoms with Gasteiger partial charge in [-0.05, 0) is 24.3 Å². The molecule has 0 aliphatic rings. The summed E-state index contributed by atoms with van der Waals surface area (Å²) >= 11 is 15.4. The van der Waals surface area contributed by atoms with Crippen molar-refractivity contribution < 1.29 is 4.42 Å². The summed E-state index contributed by atoms with van der Waals surface area (Å²) in [6.07, 6.45) is 1.52. The summed E-state index contributed by atoms with van der Waals surface area (Å²) in [5.41, 5.74) is 1.75. The van der Waals surface area contributed by atoms with Crippen molar-refractivity contribution in [1.82, 2.24) is 9.97 Å². The van der Waals surface area contributed by atoms with Gasteiger partial charge in [0.05, 0.1) is 15.6 Å². The number of pyridine rings is 1. The van der Waals surface area contributed by atoms with Crippen LogP contribution in [0.4, 0.5) is 0 Å². The van der Waals surface area contributed by atoms with Crippen LogP contribution in [0.3, 0.4) is 0 Å². The van der Waals surface area contributed by atoms with Gasteiger partial charge in [-0.3, -0.25) is 0 Å². The van der Waals surface area contributed by atoms with Crippen LogP contribution in [-0.4, -0.2) is 9.97 Å². The van der Waals surface area contributed by atoms with E-state index in [9.17, 15) is 0 Å². The van der Waals surface area contributed by atoms with Crippen LogP contribution in [0.2, 0.25) is 10.0 Å². The quantitative estimate of drug-likeness (QED) is 0.626. The Labute approximate surface area is 121 Å². The summed E-state index contributed by atoms with van der Waals surface area (Å²) < 4.78 is 6.46. The zero-order valence-electron chi connectivity index (χ0n) is 8.82. The molecule has 1 aromatic carbocycles. The largest absolute Gasteiger partial charge is 0.418 e. The second-order valence-electron chi connectivity index (χ2n) is 3.62. The Bertz CT molecular complexity index is 742. The van der Waals surface area contributed by atoms with Crippen molar-refractivity contribution in [2.75, 3.05) is 0 Å². The molecular weight excluding hydrogens is 339 g/mol. The summed E-state index contributed by atoms with van der Waals surface area (Å²) in [6.45, 7) is 0. The molecule has 0 aliphatic carbocycles. The number of oxazole rings is 1. The highest BCUT2D eigenvalue weighted by molar-refractivity contribution is 9.10. The van der Waals surface area contributed by atoms with E-state index < -0.39 is 0 Å². The summed E-state index contributed by atoms with van der Waals surface area (Å²) in [6, 6.07) is 7.16. The van der Waals surface area contributed by atoms with Crippen LogP contribution >= 0.6 is 39.1 Å². The number of nitrogens with zero attached hydrogens (tertiary/aromatic N) is 2. The van der Waals surface area contributed by atoms with E-state index in [0.717, 1.165) is 4.47 Å². The third-order valence-electron chi connectivity index (χ3n) is 2.37. The number of aromatic nitrogens is 2. The van der Waals surface area contributed by atoms with Gasteiger partial charge >= 0.3 is 0 Å². The van der Waals surface area contributed by atoms with Crippen molar-refractivity contribution in [2.45, 2.75) is 0 Å². The van der Waals surface area contributed by atoms with E-state index in [1.165, 1.54) is 6.20 Å². The van der Waals surface area contributed by atoms with E-state index in [0.29, 0.717) is 32.7 Å². The molecule has 18 heavy (non-hydrogen) atoms. The van der Waals surface area contributed by atoms with E-state index in [1.54, 1.807) is 12.1 Å². The van der Waals surface area contributed by atoms with Crippen molar-refractivity contribution in [3.8, 4) is 11.5 Å². The maximum absolute atomic E-state index is 6.12. The van der Waals surface area contributed by atoms with E-state index in [1.807, 2.05) is 12.1 Å². The summed E-state index contributed by atoms with van der Waals surface area (Å²) in [4.78, 5) is 8.39. The first-order valence-corrected chi connectivity index (χ1v) is 6.56. The SMILES string of the molecule is Clc1cnc2oc(-c3cc(Br)ccc3Cl)nc2c1. The number of rotatable bonds is 1. The Morgan fingerprint density at radius 1 is 1.17 bits per heavy atom. The third kappa shape index (κ3) is 2.11. The van der Waals surface area contributed by atoms with Crippen molar-refractivity contribution in [2.24, 2.45) is 0 Å². The number of hydrogen-bond acceptors (Lipinski definition) is 3. The van der Waals surface area contributed by atoms with E-state index in [2.05, 4.69) is 25.9 Å². The summed E-state index contributed by atoms with van der Waals surface area (Å²) in [5.74, 6) is 0.422. The molecule has 90 valence electrons. The molecule has 0 saturated carbocycles. The monoisotopic (exact) mass is 342 g/mol. The fraction of sp³-hybridized carbons (Fsp3) is 0. The van der Waals surface area contributed by atoms with E-state index in [4.69, 9.17) is 27.6 Å². The van der Waals surface area contributed by atoms with Gasteiger partial charge in [-0.15, -0.1) is 0 Å². The van der Waals surface area contributed by atoms with Crippen LogP contribution < -0.4 is 0 Å². The minimum atomic E-state index is 0.422. The minimum Gasteiger partial charge on any atom is -0.418 e. The van der Waals surface area contributed by atoms with Gasteiger partial charge < -0.3 is 4.42 Å². The van der Waals surface area contributed by atoms with Crippen molar-refractivity contribution in [3.05, 3.63) is 45.0 Å². The topological polar surface area (TPSA) is 38.9 Å². The fourth-order valence-electron chi connectivity index (χ4n) is 1.58. The summed E-state index contributed by atoms with van der Waals surface area (Å²) in [7, 11) is 0. The Hall–Kier alpha value is -1.10. The average molecular weight is 344 g/mol. The highest BCUT2D eigenvalue weighted by Crippen LogP contribution is 2.32. The van der Waals surface area contributed by atoms with Gasteiger partial charge in [-0.1, -0.05) is 39.1 Å². The van der Waals surface area contributed by atoms with Crippen molar-refractivity contribution in [3.63, 3.8) is 0 Å². The molecule has 2 aromatic heterocycles. The van der Waals surface area contributed by atoms with Gasteiger partial charge in [0.2, 0.25) is 11.6 Å². The molecule has 2 heterocycles. The van der Waals surface area contributed by atoms with Crippen LogP contribution in [0.5, 0.6) is 0 Å². The minimum absolute atomic E-state index is 0.422. The highest BCUT2D eigenvalue weighted by atomic mass is 79.9. The lowest BCUT2D eigenvalue weighted by molar-refractivity contribution is 0.608. The third-order valence-corrected chi connectivity index (χ3v) is 3.40. The van der Waals surface area contributed by atoms with E-state index in [-0.39, 0.29) is 0 Å². The molecule has 0 amide bonds. The molecule has 0 unspecified atom stereocenters. The van der Waals surface area contributed by atoms with Crippen molar-refractivity contribution >= 4 is 50.4 Å². The van der Waals surface area contributed by atoms with Gasteiger partial charge in [-0.25, -0.2) is 9.97 Å². The Morgan fingerprint density at radius 2 is 2.00 bits per heavy atom. The van der Waals surface area contributed by atoms with Crippen molar-refractivity contribution in [1.29, 1.82) is 0 Å². The molecule has 0 radical (unpaired) electrons. The number of benzene rings is 1. The lowest BCUT2D eigenvalue weighted by Gasteiger charge is -1.99. The molecular formula is C12H5BrCl2N2O. The van der Waals surface area contributed by atoms with Gasteiger partial charge in [0.15, 0.2) is 0 Å². The number of halogens is 3. The van der Waals surface area contributed by atoms with Gasteiger partial charge in [0.1, 0.15) is 5.52 Å². The van der Waals surface area contributed by atoms with Gasteiger partial charge in [-0.2, -0.15) is 0 Å². The molecule has 0 fully saturated rings. The highest BCUT2D eigenvalue weighted by Gasteiger charge is 2.13. The second kappa shape index (κ2) is 4.53. The maximum Gasteiger partial charge on any atom is 0.247 e. The second-order valence-corrected chi connectivity index (χ2v) is 5.38. The van der Waals surface area contributed by atoms with Gasteiger partial charge in [0.25, 0.3) is 0 Å². The average Bonchev–Trinajstić information content (AvgIpc) is 2.74. The molecule has 0 N–H and O–H groups in total. The fourth-order valence-corrected chi connectivity index (χ4v) is 2.29. The molecule has 0 spiro atoms. The molecule has 0 saturated heterocycles. The number of fused-ring (bicyclic) bond motifs is 1. The zero-order chi connectivity index (χ0) is 12.7. The predicted octanol–water partition coefficient (Wildman–Crippen LogP) is 4.96. The lowest BCUT2D eigenvalue weighted by Crippen LogP contribution is -1.79. The normalized spacial score (nSPS) is 11.1. The Balaban J connectivity index is 2.22. The smallest absolute Gasteiger partial charge is 0.247 e. The summed E-state index contributed by atoms with van der Waals surface area (Å²) in [5, 5.41) is 1.08. The first kappa shape index (κ1) is 12.0. The number of hydrogen-bond donors (Lipinski definition) is 0. The molecule has 6 heteroatoms. The Morgan fingerprint density at radius 3 is 2.83 bits per heavy atom. The van der Waals surface area contributed by atoms with Crippen LogP contribution in [0.15, 0.2) is 39.4 Å². The van der Waals surface area contributed by atoms with E-state index >= 15 is 0 Å². The van der Waals surface area contributed by atoms with Crippen LogP contribution in [0.1, 0.15) is 0 Å². The van der Waals surface area contributed by atoms with Gasteiger partial charge in [0, 0.05) is 10.7 Å². The molecule has 0 aliphatic heterocycles. The molecule has 3 nitrogen and oxygen atoms in total. The molecule has 0 bridgehead atoms. The zero-order valence-corrected chi connectivity index (χ0v) is 11.9. The molecule has 3 aromatic rings. The maximum atomic E-state index is 6.12. The predicted molar refractivity (Wildman–Crippen MR) is 75.0 cm³/mol. The standard InChI is InChI=1S/C12H5BrCl2N2O/c13-6-1-2-9(15)8(3-6)11-17-10-4-7(14)5-16-12(10)18-11/h1-5H. The van der Waals surface area contributed by atoms with Crippen LogP contribution in [0.25, 0.3) is 22.7 Å². The molecule has 0 atom stereocenters. The van der Waals surface area contributed by atoms with Crippen LogP contribution in [0, 0.1) is 0 Å². The first-order chi connectivity index (χ1) is 8.63. The van der Waals surface area contributed by atoms with Crippen LogP contribution in [-0.2, 0) is 0 Å². The lowest BCUT2D eigenvalue weighted by atomic mass is 10.2.